The van der Waals surface area contributed by atoms with Crippen LogP contribution in [0.4, 0.5) is 0 Å². The molecule has 0 aromatic heterocycles. The number of hydrogen-bond donors (Lipinski definition) is 1. The molecule has 2 heteroatoms. The monoisotopic (exact) mass is 243 g/mol. The van der Waals surface area contributed by atoms with Gasteiger partial charge < -0.3 is 5.32 Å². The van der Waals surface area contributed by atoms with Crippen LogP contribution < -0.4 is 5.32 Å². The second-order valence-corrected chi connectivity index (χ2v) is 4.50. The van der Waals surface area contributed by atoms with E-state index < -0.39 is 0 Å². The molecular weight excluding hydrogens is 222 g/mol. The van der Waals surface area contributed by atoms with E-state index in [0.29, 0.717) is 0 Å². The Balaban J connectivity index is 0.00000128. The molecule has 0 amide bonds. The summed E-state index contributed by atoms with van der Waals surface area (Å²) >= 11 is 0. The summed E-state index contributed by atoms with van der Waals surface area (Å²) < 4.78 is 0. The first kappa shape index (κ1) is 14.5. The third-order valence-corrected chi connectivity index (χ3v) is 3.38. The summed E-state index contributed by atoms with van der Waals surface area (Å²) in [6, 6.07) is 9.87. The van der Waals surface area contributed by atoms with E-state index in [0.717, 1.165) is 12.5 Å². The van der Waals surface area contributed by atoms with Crippen LogP contribution in [-0.2, 0) is 12.8 Å². The van der Waals surface area contributed by atoms with Gasteiger partial charge in [0.15, 0.2) is 0 Å². The first-order valence-electron chi connectivity index (χ1n) is 6.19. The predicted molar refractivity (Wildman–Crippen MR) is 65.2 cm³/mol. The molecule has 1 aliphatic heterocycles. The molecule has 1 aliphatic rings. The van der Waals surface area contributed by atoms with Crippen LogP contribution in [0.3, 0.4) is 0 Å². The molecule has 1 saturated heterocycles. The minimum atomic E-state index is 0. The van der Waals surface area contributed by atoms with Gasteiger partial charge >= 0.3 is 0 Å². The largest absolute Gasteiger partial charge is 0.314 e. The van der Waals surface area contributed by atoms with Crippen molar-refractivity contribution in [2.24, 2.45) is 0 Å². The molecule has 0 saturated carbocycles. The van der Waals surface area contributed by atoms with E-state index >= 15 is 0 Å². The van der Waals surface area contributed by atoms with Crippen LogP contribution in [0.5, 0.6) is 0 Å². The van der Waals surface area contributed by atoms with E-state index in [4.69, 9.17) is 0 Å². The molecule has 90 valence electrons. The van der Waals surface area contributed by atoms with E-state index in [2.05, 4.69) is 36.5 Å². The third-order valence-electron chi connectivity index (χ3n) is 3.38. The van der Waals surface area contributed by atoms with Crippen molar-refractivity contribution >= 4 is 0 Å². The van der Waals surface area contributed by atoms with Gasteiger partial charge in [0.25, 0.3) is 0 Å². The second kappa shape index (κ2) is 7.71. The van der Waals surface area contributed by atoms with Gasteiger partial charge in [-0.3, -0.25) is 0 Å². The van der Waals surface area contributed by atoms with Gasteiger partial charge in [0.1, 0.15) is 0 Å². The molecule has 2 rings (SSSR count). The van der Waals surface area contributed by atoms with E-state index in [1.54, 1.807) is 0 Å². The first-order valence-corrected chi connectivity index (χ1v) is 6.19. The van der Waals surface area contributed by atoms with Gasteiger partial charge in [-0.2, -0.15) is 0 Å². The summed E-state index contributed by atoms with van der Waals surface area (Å²) in [4.78, 5) is 0. The summed E-state index contributed by atoms with van der Waals surface area (Å²) in [6.07, 6.45) is 6.39. The van der Waals surface area contributed by atoms with Crippen LogP contribution in [0.15, 0.2) is 24.3 Å². The fourth-order valence-electron chi connectivity index (χ4n) is 2.29. The molecule has 0 aliphatic carbocycles. The van der Waals surface area contributed by atoms with Crippen LogP contribution in [0.2, 0.25) is 0 Å². The van der Waals surface area contributed by atoms with Gasteiger partial charge in [-0.05, 0) is 49.8 Å². The van der Waals surface area contributed by atoms with Crippen molar-refractivity contribution in [3.05, 3.63) is 35.4 Å². The van der Waals surface area contributed by atoms with Gasteiger partial charge in [0.05, 0.1) is 0 Å². The Kier molecular flexibility index (Phi) is 6.98. The standard InChI is InChI=1S/C14H21N.Ar/c1-2-12-5-7-13(8-6-12)9-10-14-4-3-11-15-14;/h5-8,14-15H,2-4,9-11H2,1H3;/t14-;/m1./s1. The van der Waals surface area contributed by atoms with Crippen LogP contribution in [-0.4, -0.2) is 12.6 Å². The van der Waals surface area contributed by atoms with E-state index in [1.165, 1.54) is 43.4 Å². The van der Waals surface area contributed by atoms with Crippen LogP contribution in [0.1, 0.15) is 37.3 Å². The topological polar surface area (TPSA) is 12.0 Å². The van der Waals surface area contributed by atoms with Crippen LogP contribution in [0, 0.1) is 37.7 Å². The average Bonchev–Trinajstić information content (AvgIpc) is 2.80. The van der Waals surface area contributed by atoms with Gasteiger partial charge in [-0.15, -0.1) is 0 Å². The smallest absolute Gasteiger partial charge is 0.00707 e. The van der Waals surface area contributed by atoms with E-state index in [9.17, 15) is 0 Å². The van der Waals surface area contributed by atoms with Gasteiger partial charge in [0, 0.05) is 43.8 Å². The molecular formula is C14H21ArN. The molecule has 1 N–H and O–H groups in total. The maximum Gasteiger partial charge on any atom is 0.00707 e. The normalized spacial score (nSPS) is 19.4. The Morgan fingerprint density at radius 3 is 2.44 bits per heavy atom. The number of rotatable bonds is 4. The SMILES string of the molecule is CCc1ccc(CC[C@H]2CCCN2)cc1.[Ar]. The Bertz CT molecular complexity index is 288. The minimum absolute atomic E-state index is 0. The summed E-state index contributed by atoms with van der Waals surface area (Å²) in [5.74, 6) is 0. The Morgan fingerprint density at radius 2 is 1.88 bits per heavy atom. The molecule has 0 unspecified atom stereocenters. The number of nitrogens with one attached hydrogen (secondary N) is 1. The predicted octanol–water partition coefficient (Wildman–Crippen LogP) is 2.93. The van der Waals surface area contributed by atoms with E-state index in [1.807, 2.05) is 0 Å². The molecule has 1 atom stereocenters. The molecule has 1 heterocycles. The van der Waals surface area contributed by atoms with Crippen molar-refractivity contribution in [3.8, 4) is 0 Å². The molecule has 1 fully saturated rings. The van der Waals surface area contributed by atoms with E-state index in [-0.39, 0.29) is 37.7 Å². The quantitative estimate of drug-likeness (QED) is 0.857. The zero-order valence-corrected chi connectivity index (χ0v) is 10.7. The molecule has 1 nitrogen and oxygen atoms in total. The molecule has 16 heavy (non-hydrogen) atoms. The summed E-state index contributed by atoms with van der Waals surface area (Å²) in [7, 11) is 0. The fourth-order valence-corrected chi connectivity index (χ4v) is 2.29. The molecule has 0 spiro atoms. The number of benzene rings is 1. The van der Waals surface area contributed by atoms with Crippen LogP contribution in [0.25, 0.3) is 0 Å². The first-order chi connectivity index (χ1) is 7.38. The third kappa shape index (κ3) is 4.37. The van der Waals surface area contributed by atoms with Crippen molar-refractivity contribution in [2.45, 2.75) is 45.1 Å². The average molecular weight is 243 g/mol. The summed E-state index contributed by atoms with van der Waals surface area (Å²) in [5.41, 5.74) is 2.93. The second-order valence-electron chi connectivity index (χ2n) is 4.50. The van der Waals surface area contributed by atoms with Crippen molar-refractivity contribution in [1.29, 1.82) is 0 Å². The maximum atomic E-state index is 3.55. The molecule has 0 bridgehead atoms. The van der Waals surface area contributed by atoms with Crippen molar-refractivity contribution in [2.75, 3.05) is 6.54 Å². The maximum absolute atomic E-state index is 3.55. The van der Waals surface area contributed by atoms with Gasteiger partial charge in [-0.1, -0.05) is 31.2 Å². The van der Waals surface area contributed by atoms with Crippen molar-refractivity contribution in [3.63, 3.8) is 0 Å². The molecule has 1 aromatic rings. The molecule has 1 aromatic carbocycles. The minimum Gasteiger partial charge on any atom is -0.314 e. The fraction of sp³-hybridized carbons (Fsp3) is 0.571. The zero-order valence-electron chi connectivity index (χ0n) is 9.98. The Labute approximate surface area is 129 Å². The van der Waals surface area contributed by atoms with Crippen molar-refractivity contribution in [1.82, 2.24) is 5.32 Å². The van der Waals surface area contributed by atoms with Gasteiger partial charge in [0.2, 0.25) is 0 Å². The van der Waals surface area contributed by atoms with Gasteiger partial charge in [-0.25, -0.2) is 0 Å². The summed E-state index contributed by atoms with van der Waals surface area (Å²) in [6.45, 7) is 3.43. The Morgan fingerprint density at radius 1 is 1.19 bits per heavy atom. The number of aryl methyl sites for hydroxylation is 2. The Hall–Kier alpha value is 0.440. The summed E-state index contributed by atoms with van der Waals surface area (Å²) in [5, 5.41) is 3.55. The zero-order chi connectivity index (χ0) is 10.5. The van der Waals surface area contributed by atoms with Crippen LogP contribution >= 0.6 is 0 Å². The molecule has 0 radical (unpaired) electrons. The number of hydrogen-bond acceptors (Lipinski definition) is 1. The van der Waals surface area contributed by atoms with Crippen molar-refractivity contribution < 1.29 is 37.7 Å².